The number of alkyl halides is 2. The molecule has 2 heterocycles. The predicted octanol–water partition coefficient (Wildman–Crippen LogP) is 0.848. The minimum absolute atomic E-state index is 0. The van der Waals surface area contributed by atoms with Crippen LogP contribution in [0.15, 0.2) is 17.3 Å². The second-order valence-electron chi connectivity index (χ2n) is 4.85. The van der Waals surface area contributed by atoms with Crippen LogP contribution in [0.5, 0.6) is 0 Å². The van der Waals surface area contributed by atoms with E-state index in [0.717, 1.165) is 43.0 Å². The summed E-state index contributed by atoms with van der Waals surface area (Å²) < 4.78 is 51.8. The number of piperidine rings is 1. The van der Waals surface area contributed by atoms with Crippen LogP contribution in [0.25, 0.3) is 0 Å². The molecule has 0 bridgehead atoms. The molecule has 0 aliphatic carbocycles. The van der Waals surface area contributed by atoms with Gasteiger partial charge in [0, 0.05) is 12.7 Å². The number of hydrogen-bond donors (Lipinski definition) is 2. The van der Waals surface area contributed by atoms with E-state index in [1.807, 2.05) is 0 Å². The third-order valence-electron chi connectivity index (χ3n) is 3.21. The Morgan fingerprint density at radius 1 is 1.52 bits per heavy atom. The number of hydrogen-bond acceptors (Lipinski definition) is 4. The Morgan fingerprint density at radius 2 is 2.29 bits per heavy atom. The molecule has 2 rings (SSSR count). The molecule has 1 unspecified atom stereocenters. The normalized spacial score (nSPS) is 19.5. The average molecular weight is 345 g/mol. The molecule has 1 atom stereocenters. The van der Waals surface area contributed by atoms with E-state index in [9.17, 15) is 17.2 Å². The molecule has 1 aromatic rings. The summed E-state index contributed by atoms with van der Waals surface area (Å²) in [4.78, 5) is -0.0816. The minimum Gasteiger partial charge on any atom is -0.316 e. The molecule has 0 saturated carbocycles. The molecule has 0 aromatic carbocycles. The molecule has 21 heavy (non-hydrogen) atoms. The monoisotopic (exact) mass is 344 g/mol. The smallest absolute Gasteiger partial charge is 0.257 e. The highest BCUT2D eigenvalue weighted by Crippen LogP contribution is 2.12. The SMILES string of the molecule is Cl.O=S(=O)(NCC1CCCNC1)c1cnn(CC(F)F)c1. The molecule has 1 aliphatic heterocycles. The second kappa shape index (κ2) is 8.02. The van der Waals surface area contributed by atoms with E-state index in [2.05, 4.69) is 15.1 Å². The van der Waals surface area contributed by atoms with Crippen LogP contribution in [0.2, 0.25) is 0 Å². The van der Waals surface area contributed by atoms with E-state index in [1.54, 1.807) is 0 Å². The zero-order valence-corrected chi connectivity index (χ0v) is 13.0. The highest BCUT2D eigenvalue weighted by molar-refractivity contribution is 7.89. The van der Waals surface area contributed by atoms with Gasteiger partial charge in [-0.3, -0.25) is 4.68 Å². The quantitative estimate of drug-likeness (QED) is 0.802. The van der Waals surface area contributed by atoms with Gasteiger partial charge in [0.1, 0.15) is 11.4 Å². The number of nitrogens with one attached hydrogen (secondary N) is 2. The van der Waals surface area contributed by atoms with Crippen molar-refractivity contribution in [3.63, 3.8) is 0 Å². The lowest BCUT2D eigenvalue weighted by Gasteiger charge is -2.22. The van der Waals surface area contributed by atoms with Crippen molar-refractivity contribution in [1.82, 2.24) is 19.8 Å². The summed E-state index contributed by atoms with van der Waals surface area (Å²) in [5.74, 6) is 0.259. The first-order chi connectivity index (χ1) is 9.47. The van der Waals surface area contributed by atoms with Crippen molar-refractivity contribution < 1.29 is 17.2 Å². The van der Waals surface area contributed by atoms with Crippen LogP contribution < -0.4 is 10.0 Å². The third-order valence-corrected chi connectivity index (χ3v) is 4.58. The van der Waals surface area contributed by atoms with Crippen molar-refractivity contribution in [2.24, 2.45) is 5.92 Å². The second-order valence-corrected chi connectivity index (χ2v) is 6.62. The van der Waals surface area contributed by atoms with Gasteiger partial charge in [-0.15, -0.1) is 12.4 Å². The molecule has 1 aromatic heterocycles. The van der Waals surface area contributed by atoms with Gasteiger partial charge in [-0.05, 0) is 31.8 Å². The number of halogens is 3. The summed E-state index contributed by atoms with van der Waals surface area (Å²) in [6, 6.07) is 0. The molecule has 2 N–H and O–H groups in total. The lowest BCUT2D eigenvalue weighted by atomic mass is 10.0. The Hall–Kier alpha value is -0.770. The van der Waals surface area contributed by atoms with E-state index in [1.165, 1.54) is 0 Å². The predicted molar refractivity (Wildman–Crippen MR) is 76.3 cm³/mol. The Kier molecular flexibility index (Phi) is 6.98. The first-order valence-corrected chi connectivity index (χ1v) is 7.96. The Morgan fingerprint density at radius 3 is 2.90 bits per heavy atom. The van der Waals surface area contributed by atoms with Crippen LogP contribution in [0.3, 0.4) is 0 Å². The van der Waals surface area contributed by atoms with Crippen LogP contribution in [0, 0.1) is 5.92 Å². The molecule has 122 valence electrons. The minimum atomic E-state index is -3.68. The van der Waals surface area contributed by atoms with Gasteiger partial charge >= 0.3 is 0 Å². The maximum atomic E-state index is 12.2. The van der Waals surface area contributed by atoms with Gasteiger partial charge in [-0.1, -0.05) is 0 Å². The van der Waals surface area contributed by atoms with Crippen molar-refractivity contribution in [1.29, 1.82) is 0 Å². The summed E-state index contributed by atoms with van der Waals surface area (Å²) >= 11 is 0. The van der Waals surface area contributed by atoms with Crippen molar-refractivity contribution >= 4 is 22.4 Å². The van der Waals surface area contributed by atoms with Crippen LogP contribution >= 0.6 is 12.4 Å². The van der Waals surface area contributed by atoms with Crippen molar-refractivity contribution in [3.05, 3.63) is 12.4 Å². The first kappa shape index (κ1) is 18.3. The van der Waals surface area contributed by atoms with E-state index >= 15 is 0 Å². The van der Waals surface area contributed by atoms with Crippen molar-refractivity contribution in [3.8, 4) is 0 Å². The number of rotatable bonds is 6. The standard InChI is InChI=1S/C11H18F2N4O2S.ClH/c12-11(13)8-17-7-10(6-15-17)20(18,19)16-5-9-2-1-3-14-4-9;/h6-7,9,11,14,16H,1-5,8H2;1H. The van der Waals surface area contributed by atoms with Crippen molar-refractivity contribution in [2.75, 3.05) is 19.6 Å². The largest absolute Gasteiger partial charge is 0.316 e. The Labute approximate surface area is 128 Å². The zero-order valence-electron chi connectivity index (χ0n) is 11.3. The fraction of sp³-hybridized carbons (Fsp3) is 0.727. The molecule has 0 radical (unpaired) electrons. The maximum Gasteiger partial charge on any atom is 0.257 e. The van der Waals surface area contributed by atoms with Crippen LogP contribution in [-0.2, 0) is 16.6 Å². The highest BCUT2D eigenvalue weighted by Gasteiger charge is 2.20. The molecule has 1 saturated heterocycles. The average Bonchev–Trinajstić information content (AvgIpc) is 2.86. The lowest BCUT2D eigenvalue weighted by molar-refractivity contribution is 0.121. The lowest BCUT2D eigenvalue weighted by Crippen LogP contribution is -2.38. The van der Waals surface area contributed by atoms with Gasteiger partial charge in [0.25, 0.3) is 6.43 Å². The molecule has 6 nitrogen and oxygen atoms in total. The van der Waals surface area contributed by atoms with Gasteiger partial charge < -0.3 is 5.32 Å². The Bertz CT molecular complexity index is 532. The first-order valence-electron chi connectivity index (χ1n) is 6.48. The summed E-state index contributed by atoms with van der Waals surface area (Å²) in [6.45, 7) is 1.48. The van der Waals surface area contributed by atoms with E-state index < -0.39 is 23.0 Å². The van der Waals surface area contributed by atoms with Gasteiger partial charge in [-0.2, -0.15) is 5.10 Å². The summed E-state index contributed by atoms with van der Waals surface area (Å²) in [6.07, 6.45) is 1.64. The van der Waals surface area contributed by atoms with Crippen molar-refractivity contribution in [2.45, 2.75) is 30.7 Å². The number of aromatic nitrogens is 2. The van der Waals surface area contributed by atoms with Crippen LogP contribution in [0.4, 0.5) is 8.78 Å². The van der Waals surface area contributed by atoms with Gasteiger partial charge in [0.2, 0.25) is 10.0 Å². The van der Waals surface area contributed by atoms with Crippen LogP contribution in [-0.4, -0.2) is 44.3 Å². The number of nitrogens with zero attached hydrogens (tertiary/aromatic N) is 2. The van der Waals surface area contributed by atoms with E-state index in [0.29, 0.717) is 6.54 Å². The zero-order chi connectivity index (χ0) is 14.6. The molecule has 1 aliphatic rings. The third kappa shape index (κ3) is 5.50. The van der Waals surface area contributed by atoms with E-state index in [4.69, 9.17) is 0 Å². The summed E-state index contributed by atoms with van der Waals surface area (Å²) in [5, 5.41) is 6.82. The fourth-order valence-electron chi connectivity index (χ4n) is 2.13. The maximum absolute atomic E-state index is 12.2. The number of sulfonamides is 1. The summed E-state index contributed by atoms with van der Waals surface area (Å²) in [5.41, 5.74) is 0. The molecular weight excluding hydrogens is 326 g/mol. The molecule has 1 fully saturated rings. The van der Waals surface area contributed by atoms with Gasteiger partial charge in [0.05, 0.1) is 6.20 Å². The molecule has 10 heteroatoms. The van der Waals surface area contributed by atoms with Gasteiger partial charge in [0.15, 0.2) is 0 Å². The fourth-order valence-corrected chi connectivity index (χ4v) is 3.20. The highest BCUT2D eigenvalue weighted by atomic mass is 35.5. The topological polar surface area (TPSA) is 76.0 Å². The van der Waals surface area contributed by atoms with Crippen LogP contribution in [0.1, 0.15) is 12.8 Å². The van der Waals surface area contributed by atoms with E-state index in [-0.39, 0.29) is 23.2 Å². The molecular formula is C11H19ClF2N4O2S. The van der Waals surface area contributed by atoms with Gasteiger partial charge in [-0.25, -0.2) is 21.9 Å². The Balaban J connectivity index is 0.00000220. The summed E-state index contributed by atoms with van der Waals surface area (Å²) in [7, 11) is -3.68. The molecule has 0 amide bonds. The molecule has 0 spiro atoms.